The monoisotopic (exact) mass is 817 g/mol. The standard InChI is InChI=1S/C43H59N7O9/c1-6-29-15-17-31(18-16-29)45-43(59)46-33(22-30-12-9-11-25(2)21-30)38(54)47-37(28(5)52)42(58)50-24-32(53)23-36(50)41(57)49-19-8-7-13-35(49)39(55)44-26(3)40(56)48-20-10-14-34(48)27(4)51/h9,11-12,15-18,21,26,28,32-37,52-53H,6-8,10,13-14,19-20,22-24H2,1-5H3,(H,44,55)(H,47,54)(H2,45,46,59)/t26-,28-,32+,33-,34-,35-,36-,37-/m0/s1. The topological polar surface area (TPSA) is 218 Å². The van der Waals surface area contributed by atoms with Crippen LogP contribution in [0.3, 0.4) is 0 Å². The number of likely N-dealkylation sites (tertiary alicyclic amines) is 3. The van der Waals surface area contributed by atoms with Gasteiger partial charge in [-0.15, -0.1) is 0 Å². The molecule has 320 valence electrons. The van der Waals surface area contributed by atoms with E-state index in [1.54, 1.807) is 25.1 Å². The van der Waals surface area contributed by atoms with Gasteiger partial charge >= 0.3 is 6.03 Å². The average molecular weight is 818 g/mol. The van der Waals surface area contributed by atoms with Crippen LogP contribution >= 0.6 is 0 Å². The number of nitrogens with zero attached hydrogens (tertiary/aromatic N) is 3. The third kappa shape index (κ3) is 11.2. The molecule has 0 aromatic heterocycles. The molecule has 3 aliphatic rings. The van der Waals surface area contributed by atoms with E-state index in [1.165, 1.54) is 23.6 Å². The van der Waals surface area contributed by atoms with Crippen LogP contribution in [0.25, 0.3) is 0 Å². The van der Waals surface area contributed by atoms with Crippen LogP contribution in [0, 0.1) is 6.92 Å². The van der Waals surface area contributed by atoms with Gasteiger partial charge in [0.15, 0.2) is 5.78 Å². The van der Waals surface area contributed by atoms with Crippen LogP contribution in [-0.2, 0) is 41.6 Å². The molecular weight excluding hydrogens is 759 g/mol. The number of rotatable bonds is 14. The SMILES string of the molecule is CCc1ccc(NC(=O)N[C@@H](Cc2cccc(C)c2)C(=O)N[C@H](C(=O)N2C[C@H](O)C[C@H]2C(=O)N2CCCC[C@H]2C(=O)N[C@@H](C)C(=O)N2CCC[C@H]2C(C)=O)[C@H](C)O)cc1. The first-order valence-electron chi connectivity index (χ1n) is 20.7. The molecular formula is C43H59N7O9. The van der Waals surface area contributed by atoms with Crippen LogP contribution in [0.4, 0.5) is 10.5 Å². The highest BCUT2D eigenvalue weighted by molar-refractivity contribution is 5.98. The van der Waals surface area contributed by atoms with Crippen LogP contribution in [0.15, 0.2) is 48.5 Å². The second-order valence-corrected chi connectivity index (χ2v) is 16.1. The van der Waals surface area contributed by atoms with E-state index in [4.69, 9.17) is 0 Å². The molecule has 16 nitrogen and oxygen atoms in total. The van der Waals surface area contributed by atoms with Gasteiger partial charge in [-0.3, -0.25) is 28.8 Å². The Bertz CT molecular complexity index is 1870. The lowest BCUT2D eigenvalue weighted by molar-refractivity contribution is -0.152. The number of benzene rings is 2. The summed E-state index contributed by atoms with van der Waals surface area (Å²) in [6.45, 7) is 8.54. The van der Waals surface area contributed by atoms with Gasteiger partial charge < -0.3 is 46.2 Å². The molecule has 0 spiro atoms. The van der Waals surface area contributed by atoms with Crippen molar-refractivity contribution in [3.8, 4) is 0 Å². The number of hydrogen-bond acceptors (Lipinski definition) is 9. The van der Waals surface area contributed by atoms with Crippen molar-refractivity contribution in [2.75, 3.05) is 25.0 Å². The number of anilines is 1. The van der Waals surface area contributed by atoms with E-state index >= 15 is 0 Å². The lowest BCUT2D eigenvalue weighted by Crippen LogP contribution is -2.62. The first-order chi connectivity index (χ1) is 28.1. The fraction of sp³-hybridized carbons (Fsp3) is 0.558. The van der Waals surface area contributed by atoms with Gasteiger partial charge in [-0.1, -0.05) is 48.9 Å². The van der Waals surface area contributed by atoms with Crippen molar-refractivity contribution in [2.45, 2.75) is 134 Å². The molecule has 6 N–H and O–H groups in total. The van der Waals surface area contributed by atoms with E-state index in [0.717, 1.165) is 28.0 Å². The van der Waals surface area contributed by atoms with Crippen molar-refractivity contribution < 1.29 is 43.8 Å². The van der Waals surface area contributed by atoms with Crippen LogP contribution in [-0.4, -0.2) is 134 Å². The van der Waals surface area contributed by atoms with Gasteiger partial charge in [0.25, 0.3) is 0 Å². The Hall–Kier alpha value is -5.35. The molecule has 8 atom stereocenters. The smallest absolute Gasteiger partial charge is 0.319 e. The zero-order chi connectivity index (χ0) is 43.0. The molecule has 3 heterocycles. The van der Waals surface area contributed by atoms with E-state index in [9.17, 15) is 43.8 Å². The Labute approximate surface area is 345 Å². The molecule has 3 aliphatic heterocycles. The molecule has 0 saturated carbocycles. The third-order valence-corrected chi connectivity index (χ3v) is 11.5. The Balaban J connectivity index is 1.30. The number of aliphatic hydroxyl groups excluding tert-OH is 2. The molecule has 0 aliphatic carbocycles. The summed E-state index contributed by atoms with van der Waals surface area (Å²) in [6, 6.07) is 7.57. The van der Waals surface area contributed by atoms with Crippen molar-refractivity contribution in [2.24, 2.45) is 0 Å². The molecule has 5 rings (SSSR count). The van der Waals surface area contributed by atoms with E-state index in [2.05, 4.69) is 21.3 Å². The maximum atomic E-state index is 14.3. The van der Waals surface area contributed by atoms with E-state index in [-0.39, 0.29) is 37.6 Å². The number of Topliss-reactive ketones (excluding diaryl/α,β-unsaturated/α-hetero) is 1. The number of aliphatic hydroxyl groups is 2. The van der Waals surface area contributed by atoms with Gasteiger partial charge in [-0.2, -0.15) is 0 Å². The third-order valence-electron chi connectivity index (χ3n) is 11.5. The molecule has 7 amide bonds. The molecule has 0 radical (unpaired) electrons. The normalized spacial score (nSPS) is 22.5. The maximum Gasteiger partial charge on any atom is 0.319 e. The molecule has 16 heteroatoms. The lowest BCUT2D eigenvalue weighted by Gasteiger charge is -2.39. The number of carbonyl (C=O) groups excluding carboxylic acids is 7. The van der Waals surface area contributed by atoms with Crippen molar-refractivity contribution in [1.29, 1.82) is 0 Å². The Morgan fingerprint density at radius 1 is 0.797 bits per heavy atom. The van der Waals surface area contributed by atoms with Gasteiger partial charge in [0, 0.05) is 38.2 Å². The highest BCUT2D eigenvalue weighted by Gasteiger charge is 2.47. The predicted molar refractivity (Wildman–Crippen MR) is 219 cm³/mol. The summed E-state index contributed by atoms with van der Waals surface area (Å²) in [4.78, 5) is 98.9. The fourth-order valence-electron chi connectivity index (χ4n) is 8.28. The minimum atomic E-state index is -1.56. The quantitative estimate of drug-likeness (QED) is 0.163. The largest absolute Gasteiger partial charge is 0.391 e. The lowest BCUT2D eigenvalue weighted by atomic mass is 9.98. The molecule has 2 aromatic rings. The van der Waals surface area contributed by atoms with Gasteiger partial charge in [-0.25, -0.2) is 4.79 Å². The summed E-state index contributed by atoms with van der Waals surface area (Å²) < 4.78 is 0. The van der Waals surface area contributed by atoms with Crippen molar-refractivity contribution in [1.82, 2.24) is 30.7 Å². The second kappa shape index (κ2) is 20.1. The van der Waals surface area contributed by atoms with Gasteiger partial charge in [0.2, 0.25) is 29.5 Å². The summed E-state index contributed by atoms with van der Waals surface area (Å²) in [5.41, 5.74) is 3.26. The first kappa shape index (κ1) is 44.7. The predicted octanol–water partition coefficient (Wildman–Crippen LogP) is 1.58. The molecule has 3 saturated heterocycles. The number of amides is 7. The van der Waals surface area contributed by atoms with Crippen molar-refractivity contribution in [3.63, 3.8) is 0 Å². The number of nitrogens with one attached hydrogen (secondary N) is 4. The average Bonchev–Trinajstić information content (AvgIpc) is 3.86. The molecule has 59 heavy (non-hydrogen) atoms. The second-order valence-electron chi connectivity index (χ2n) is 16.1. The number of urea groups is 1. The maximum absolute atomic E-state index is 14.3. The van der Waals surface area contributed by atoms with Crippen LogP contribution in [0.5, 0.6) is 0 Å². The Morgan fingerprint density at radius 2 is 1.49 bits per heavy atom. The summed E-state index contributed by atoms with van der Waals surface area (Å²) in [5.74, 6) is -3.21. The molecule has 0 unspecified atom stereocenters. The number of ketones is 1. The van der Waals surface area contributed by atoms with Crippen LogP contribution in [0.2, 0.25) is 0 Å². The summed E-state index contributed by atoms with van der Waals surface area (Å²) in [7, 11) is 0. The van der Waals surface area contributed by atoms with Crippen LogP contribution < -0.4 is 21.3 Å². The summed E-state index contributed by atoms with van der Waals surface area (Å²) in [6.07, 6.45) is 0.955. The van der Waals surface area contributed by atoms with Crippen LogP contribution in [0.1, 0.15) is 82.9 Å². The Kier molecular flexibility index (Phi) is 15.2. The number of piperidine rings is 1. The van der Waals surface area contributed by atoms with Crippen molar-refractivity contribution in [3.05, 3.63) is 65.2 Å². The summed E-state index contributed by atoms with van der Waals surface area (Å²) in [5, 5.41) is 32.5. The van der Waals surface area contributed by atoms with Gasteiger partial charge in [0.05, 0.1) is 18.2 Å². The highest BCUT2D eigenvalue weighted by Crippen LogP contribution is 2.27. The van der Waals surface area contributed by atoms with Gasteiger partial charge in [0.1, 0.15) is 30.2 Å². The molecule has 0 bridgehead atoms. The van der Waals surface area contributed by atoms with E-state index < -0.39 is 78.1 Å². The number of aryl methyl sites for hydroxylation is 2. The first-order valence-corrected chi connectivity index (χ1v) is 20.7. The molecule has 3 fully saturated rings. The minimum absolute atomic E-state index is 0.0535. The van der Waals surface area contributed by atoms with Gasteiger partial charge in [-0.05, 0) is 89.5 Å². The zero-order valence-electron chi connectivity index (χ0n) is 34.6. The fourth-order valence-corrected chi connectivity index (χ4v) is 8.28. The molecule has 2 aromatic carbocycles. The summed E-state index contributed by atoms with van der Waals surface area (Å²) >= 11 is 0. The number of carbonyl (C=O) groups is 7. The number of hydrogen-bond donors (Lipinski definition) is 6. The minimum Gasteiger partial charge on any atom is -0.391 e. The van der Waals surface area contributed by atoms with Crippen molar-refractivity contribution >= 4 is 47.0 Å². The zero-order valence-corrected chi connectivity index (χ0v) is 34.6. The highest BCUT2D eigenvalue weighted by atomic mass is 16.3. The van der Waals surface area contributed by atoms with E-state index in [1.807, 2.05) is 44.2 Å². The number of β-amino-alcohol motifs (C(OH)–C–C–N with tert-alkyl or cyclic N) is 1. The Morgan fingerprint density at radius 3 is 2.15 bits per heavy atom. The van der Waals surface area contributed by atoms with E-state index in [0.29, 0.717) is 44.3 Å².